The SMILES string of the molecule is CCN(c1ccc(F)cc1)S(=O)(=O)Cc1ccc(N)cc1. The van der Waals surface area contributed by atoms with E-state index in [1.165, 1.54) is 28.6 Å². The minimum atomic E-state index is -3.53. The van der Waals surface area contributed by atoms with Crippen molar-refractivity contribution in [2.24, 2.45) is 0 Å². The van der Waals surface area contributed by atoms with Crippen LogP contribution >= 0.6 is 0 Å². The number of halogens is 1. The Balaban J connectivity index is 2.27. The van der Waals surface area contributed by atoms with Crippen LogP contribution in [0.1, 0.15) is 12.5 Å². The molecule has 0 bridgehead atoms. The van der Waals surface area contributed by atoms with E-state index in [1.54, 1.807) is 31.2 Å². The van der Waals surface area contributed by atoms with Crippen molar-refractivity contribution in [1.82, 2.24) is 0 Å². The summed E-state index contributed by atoms with van der Waals surface area (Å²) in [5.74, 6) is -0.524. The molecule has 2 N–H and O–H groups in total. The van der Waals surface area contributed by atoms with Gasteiger partial charge in [-0.05, 0) is 48.9 Å². The van der Waals surface area contributed by atoms with Gasteiger partial charge >= 0.3 is 0 Å². The zero-order valence-corrected chi connectivity index (χ0v) is 12.5. The van der Waals surface area contributed by atoms with Gasteiger partial charge in [-0.15, -0.1) is 0 Å². The van der Waals surface area contributed by atoms with E-state index in [-0.39, 0.29) is 12.3 Å². The van der Waals surface area contributed by atoms with Gasteiger partial charge in [0.25, 0.3) is 0 Å². The molecule has 2 aromatic carbocycles. The third-order valence-electron chi connectivity index (χ3n) is 3.07. The largest absolute Gasteiger partial charge is 0.399 e. The fraction of sp³-hybridized carbons (Fsp3) is 0.200. The molecule has 0 saturated carbocycles. The number of rotatable bonds is 5. The van der Waals surface area contributed by atoms with Crippen LogP contribution in [0.15, 0.2) is 48.5 Å². The fourth-order valence-electron chi connectivity index (χ4n) is 2.05. The Kier molecular flexibility index (Phi) is 4.47. The Morgan fingerprint density at radius 1 is 1.05 bits per heavy atom. The molecule has 0 radical (unpaired) electrons. The van der Waals surface area contributed by atoms with Gasteiger partial charge in [-0.25, -0.2) is 12.8 Å². The lowest BCUT2D eigenvalue weighted by atomic mass is 10.2. The van der Waals surface area contributed by atoms with Crippen molar-refractivity contribution >= 4 is 21.4 Å². The molecule has 21 heavy (non-hydrogen) atoms. The first kappa shape index (κ1) is 15.3. The molecule has 0 aliphatic carbocycles. The summed E-state index contributed by atoms with van der Waals surface area (Å²) in [6, 6.07) is 12.1. The van der Waals surface area contributed by atoms with E-state index in [1.807, 2.05) is 0 Å². The van der Waals surface area contributed by atoms with E-state index in [2.05, 4.69) is 0 Å². The number of nitrogens with two attached hydrogens (primary N) is 1. The molecule has 0 fully saturated rings. The lowest BCUT2D eigenvalue weighted by Gasteiger charge is -2.23. The monoisotopic (exact) mass is 308 g/mol. The Morgan fingerprint density at radius 2 is 1.62 bits per heavy atom. The van der Waals surface area contributed by atoms with Crippen LogP contribution in [0.25, 0.3) is 0 Å². The summed E-state index contributed by atoms with van der Waals surface area (Å²) >= 11 is 0. The van der Waals surface area contributed by atoms with Crippen LogP contribution in [0, 0.1) is 5.82 Å². The zero-order valence-electron chi connectivity index (χ0n) is 11.7. The number of hydrogen-bond acceptors (Lipinski definition) is 3. The molecule has 2 rings (SSSR count). The van der Waals surface area contributed by atoms with Crippen molar-refractivity contribution in [2.45, 2.75) is 12.7 Å². The molecule has 0 atom stereocenters. The maximum atomic E-state index is 13.0. The number of nitrogens with zero attached hydrogens (tertiary/aromatic N) is 1. The summed E-state index contributed by atoms with van der Waals surface area (Å²) in [5.41, 5.74) is 7.28. The second-order valence-electron chi connectivity index (χ2n) is 4.64. The third-order valence-corrected chi connectivity index (χ3v) is 4.91. The number of benzene rings is 2. The minimum absolute atomic E-state index is 0.126. The van der Waals surface area contributed by atoms with Crippen LogP contribution in [0.2, 0.25) is 0 Å². The fourth-order valence-corrected chi connectivity index (χ4v) is 3.66. The van der Waals surface area contributed by atoms with Crippen molar-refractivity contribution < 1.29 is 12.8 Å². The Hall–Kier alpha value is -2.08. The van der Waals surface area contributed by atoms with Gasteiger partial charge in [-0.2, -0.15) is 0 Å². The summed E-state index contributed by atoms with van der Waals surface area (Å²) in [7, 11) is -3.53. The van der Waals surface area contributed by atoms with Crippen molar-refractivity contribution in [3.8, 4) is 0 Å². The van der Waals surface area contributed by atoms with E-state index in [9.17, 15) is 12.8 Å². The first-order valence-electron chi connectivity index (χ1n) is 6.53. The zero-order chi connectivity index (χ0) is 15.5. The molecule has 0 spiro atoms. The summed E-state index contributed by atoms with van der Waals surface area (Å²) in [4.78, 5) is 0. The molecule has 0 heterocycles. The summed E-state index contributed by atoms with van der Waals surface area (Å²) in [6.07, 6.45) is 0. The highest BCUT2D eigenvalue weighted by atomic mass is 32.2. The van der Waals surface area contributed by atoms with Crippen LogP contribution in [0.4, 0.5) is 15.8 Å². The number of hydrogen-bond donors (Lipinski definition) is 1. The lowest BCUT2D eigenvalue weighted by molar-refractivity contribution is 0.590. The van der Waals surface area contributed by atoms with Gasteiger partial charge in [-0.1, -0.05) is 12.1 Å². The highest BCUT2D eigenvalue weighted by molar-refractivity contribution is 7.92. The van der Waals surface area contributed by atoms with Crippen LogP contribution < -0.4 is 10.0 Å². The van der Waals surface area contributed by atoms with Gasteiger partial charge in [0.1, 0.15) is 5.82 Å². The minimum Gasteiger partial charge on any atom is -0.399 e. The van der Waals surface area contributed by atoms with Gasteiger partial charge < -0.3 is 5.73 Å². The average Bonchev–Trinajstić information content (AvgIpc) is 2.44. The number of anilines is 2. The van der Waals surface area contributed by atoms with Crippen molar-refractivity contribution in [3.05, 3.63) is 59.9 Å². The second-order valence-corrected chi connectivity index (χ2v) is 6.53. The lowest BCUT2D eigenvalue weighted by Crippen LogP contribution is -2.31. The molecule has 0 aromatic heterocycles. The topological polar surface area (TPSA) is 63.4 Å². The van der Waals surface area contributed by atoms with Gasteiger partial charge in [-0.3, -0.25) is 4.31 Å². The molecular formula is C15H17FN2O2S. The second kappa shape index (κ2) is 6.13. The predicted octanol–water partition coefficient (Wildman–Crippen LogP) is 2.76. The van der Waals surface area contributed by atoms with Gasteiger partial charge in [0.2, 0.25) is 10.0 Å². The van der Waals surface area contributed by atoms with Crippen molar-refractivity contribution in [2.75, 3.05) is 16.6 Å². The summed E-state index contributed by atoms with van der Waals surface area (Å²) < 4.78 is 39.2. The van der Waals surface area contributed by atoms with Crippen LogP contribution in [-0.2, 0) is 15.8 Å². The quantitative estimate of drug-likeness (QED) is 0.864. The van der Waals surface area contributed by atoms with E-state index in [0.29, 0.717) is 16.9 Å². The molecule has 0 aliphatic heterocycles. The molecule has 6 heteroatoms. The van der Waals surface area contributed by atoms with Gasteiger partial charge in [0, 0.05) is 12.2 Å². The first-order chi connectivity index (χ1) is 9.92. The maximum Gasteiger partial charge on any atom is 0.239 e. The molecule has 112 valence electrons. The van der Waals surface area contributed by atoms with Crippen molar-refractivity contribution in [1.29, 1.82) is 0 Å². The van der Waals surface area contributed by atoms with Crippen LogP contribution in [0.3, 0.4) is 0 Å². The molecule has 0 saturated heterocycles. The van der Waals surface area contributed by atoms with Crippen molar-refractivity contribution in [3.63, 3.8) is 0 Å². The molecule has 0 amide bonds. The van der Waals surface area contributed by atoms with E-state index in [4.69, 9.17) is 5.73 Å². The highest BCUT2D eigenvalue weighted by Crippen LogP contribution is 2.21. The molecule has 0 unspecified atom stereocenters. The Labute approximate surface area is 124 Å². The molecule has 4 nitrogen and oxygen atoms in total. The first-order valence-corrected chi connectivity index (χ1v) is 8.13. The van der Waals surface area contributed by atoms with E-state index in [0.717, 1.165) is 0 Å². The number of sulfonamides is 1. The van der Waals surface area contributed by atoms with Crippen LogP contribution in [0.5, 0.6) is 0 Å². The predicted molar refractivity (Wildman–Crippen MR) is 82.9 cm³/mol. The molecule has 2 aromatic rings. The van der Waals surface area contributed by atoms with E-state index < -0.39 is 15.8 Å². The highest BCUT2D eigenvalue weighted by Gasteiger charge is 2.21. The van der Waals surface area contributed by atoms with Gasteiger partial charge in [0.05, 0.1) is 11.4 Å². The normalized spacial score (nSPS) is 11.3. The summed E-state index contributed by atoms with van der Waals surface area (Å²) in [6.45, 7) is 2.02. The molecule has 0 aliphatic rings. The summed E-state index contributed by atoms with van der Waals surface area (Å²) in [5, 5.41) is 0. The average molecular weight is 308 g/mol. The molecular weight excluding hydrogens is 291 g/mol. The Morgan fingerprint density at radius 3 is 2.14 bits per heavy atom. The maximum absolute atomic E-state index is 13.0. The van der Waals surface area contributed by atoms with E-state index >= 15 is 0 Å². The van der Waals surface area contributed by atoms with Crippen LogP contribution in [-0.4, -0.2) is 15.0 Å². The van der Waals surface area contributed by atoms with Gasteiger partial charge in [0.15, 0.2) is 0 Å². The number of nitrogen functional groups attached to an aromatic ring is 1. The Bertz CT molecular complexity index is 697. The smallest absolute Gasteiger partial charge is 0.239 e. The third kappa shape index (κ3) is 3.72. The standard InChI is InChI=1S/C15H17FN2O2S/c1-2-18(15-9-5-13(16)6-10-15)21(19,20)11-12-3-7-14(17)8-4-12/h3-10H,2,11,17H2,1H3.